The Bertz CT molecular complexity index is 398. The Morgan fingerprint density at radius 2 is 2.00 bits per heavy atom. The van der Waals surface area contributed by atoms with E-state index in [1.807, 2.05) is 18.2 Å². The van der Waals surface area contributed by atoms with Crippen molar-refractivity contribution in [3.63, 3.8) is 0 Å². The first-order valence-corrected chi connectivity index (χ1v) is 6.49. The van der Waals surface area contributed by atoms with Gasteiger partial charge in [0.05, 0.1) is 17.9 Å². The first-order valence-electron chi connectivity index (χ1n) is 5.27. The minimum absolute atomic E-state index is 0.230. The summed E-state index contributed by atoms with van der Waals surface area (Å²) in [6.07, 6.45) is 1.94. The fourth-order valence-corrected chi connectivity index (χ4v) is 3.28. The van der Waals surface area contributed by atoms with E-state index in [0.717, 1.165) is 12.8 Å². The smallest absolute Gasteiger partial charge is 0.322 e. The van der Waals surface area contributed by atoms with Crippen LogP contribution in [0.4, 0.5) is 0 Å². The molecule has 86 valence electrons. The molecule has 0 aliphatic heterocycles. The quantitative estimate of drug-likeness (QED) is 0.750. The number of hydrogen-bond donors (Lipinski definition) is 0. The van der Waals surface area contributed by atoms with E-state index in [2.05, 4.69) is 0 Å². The van der Waals surface area contributed by atoms with Gasteiger partial charge in [-0.2, -0.15) is 0 Å². The molecule has 1 fully saturated rings. The van der Waals surface area contributed by atoms with Gasteiger partial charge < -0.3 is 4.74 Å². The number of esters is 1. The largest absolute Gasteiger partial charge is 0.468 e. The molecule has 0 radical (unpaired) electrons. The van der Waals surface area contributed by atoms with Crippen molar-refractivity contribution in [3.8, 4) is 0 Å². The predicted molar refractivity (Wildman–Crippen MR) is 61.4 cm³/mol. The highest BCUT2D eigenvalue weighted by molar-refractivity contribution is 7.86. The van der Waals surface area contributed by atoms with Crippen molar-refractivity contribution in [1.82, 2.24) is 0 Å². The van der Waals surface area contributed by atoms with Gasteiger partial charge in [-0.05, 0) is 30.9 Å². The molecule has 3 nitrogen and oxygen atoms in total. The molecule has 2 unspecified atom stereocenters. The summed E-state index contributed by atoms with van der Waals surface area (Å²) < 4.78 is 17.0. The molecule has 1 aromatic rings. The maximum Gasteiger partial charge on any atom is 0.322 e. The minimum Gasteiger partial charge on any atom is -0.468 e. The maximum atomic E-state index is 12.2. The van der Waals surface area contributed by atoms with Crippen molar-refractivity contribution in [2.24, 2.45) is 5.92 Å². The SMILES string of the molecule is COC(=O)C(C1CC1)S(=O)c1ccccc1. The molecule has 16 heavy (non-hydrogen) atoms. The number of carbonyl (C=O) groups is 1. The summed E-state index contributed by atoms with van der Waals surface area (Å²) >= 11 is 0. The van der Waals surface area contributed by atoms with E-state index in [9.17, 15) is 9.00 Å². The highest BCUT2D eigenvalue weighted by Crippen LogP contribution is 2.37. The summed E-state index contributed by atoms with van der Waals surface area (Å²) in [5.41, 5.74) is 0. The number of ether oxygens (including phenoxy) is 1. The molecular formula is C12H14O3S. The van der Waals surface area contributed by atoms with Gasteiger partial charge in [0.25, 0.3) is 0 Å². The van der Waals surface area contributed by atoms with Crippen LogP contribution in [0.5, 0.6) is 0 Å². The van der Waals surface area contributed by atoms with Crippen LogP contribution < -0.4 is 0 Å². The van der Waals surface area contributed by atoms with Crippen LogP contribution in [-0.4, -0.2) is 22.5 Å². The Morgan fingerprint density at radius 1 is 1.38 bits per heavy atom. The van der Waals surface area contributed by atoms with Crippen LogP contribution in [-0.2, 0) is 20.3 Å². The Morgan fingerprint density at radius 3 is 2.50 bits per heavy atom. The van der Waals surface area contributed by atoms with E-state index in [4.69, 9.17) is 4.74 Å². The van der Waals surface area contributed by atoms with Gasteiger partial charge in [0, 0.05) is 4.90 Å². The molecule has 0 amide bonds. The lowest BCUT2D eigenvalue weighted by Gasteiger charge is -2.13. The van der Waals surface area contributed by atoms with E-state index in [1.54, 1.807) is 12.1 Å². The molecule has 0 spiro atoms. The normalized spacial score (nSPS) is 18.8. The van der Waals surface area contributed by atoms with Gasteiger partial charge in [0.15, 0.2) is 0 Å². The molecule has 0 saturated heterocycles. The van der Waals surface area contributed by atoms with Crippen LogP contribution in [0.2, 0.25) is 0 Å². The zero-order valence-electron chi connectivity index (χ0n) is 9.09. The summed E-state index contributed by atoms with van der Waals surface area (Å²) in [5, 5.41) is -0.493. The first-order chi connectivity index (χ1) is 7.74. The molecule has 2 rings (SSSR count). The molecule has 0 heterocycles. The predicted octanol–water partition coefficient (Wildman–Crippen LogP) is 1.75. The Labute approximate surface area is 97.3 Å². The minimum atomic E-state index is -1.29. The van der Waals surface area contributed by atoms with E-state index in [1.165, 1.54) is 7.11 Å². The van der Waals surface area contributed by atoms with Gasteiger partial charge in [-0.1, -0.05) is 18.2 Å². The lowest BCUT2D eigenvalue weighted by molar-refractivity contribution is -0.140. The molecular weight excluding hydrogens is 224 g/mol. The lowest BCUT2D eigenvalue weighted by Crippen LogP contribution is -2.29. The average molecular weight is 238 g/mol. The second-order valence-corrected chi connectivity index (χ2v) is 5.47. The summed E-state index contributed by atoms with van der Waals surface area (Å²) in [6.45, 7) is 0. The monoisotopic (exact) mass is 238 g/mol. The summed E-state index contributed by atoms with van der Waals surface area (Å²) in [6, 6.07) is 9.09. The van der Waals surface area contributed by atoms with Crippen LogP contribution in [0.3, 0.4) is 0 Å². The van der Waals surface area contributed by atoms with E-state index >= 15 is 0 Å². The van der Waals surface area contributed by atoms with Crippen molar-refractivity contribution >= 4 is 16.8 Å². The van der Waals surface area contributed by atoms with Crippen molar-refractivity contribution in [3.05, 3.63) is 30.3 Å². The summed E-state index contributed by atoms with van der Waals surface area (Å²) in [5.74, 6) is -0.127. The van der Waals surface area contributed by atoms with Gasteiger partial charge in [-0.3, -0.25) is 9.00 Å². The van der Waals surface area contributed by atoms with Crippen molar-refractivity contribution in [2.45, 2.75) is 23.0 Å². The molecule has 4 heteroatoms. The molecule has 1 saturated carbocycles. The Kier molecular flexibility index (Phi) is 3.39. The lowest BCUT2D eigenvalue weighted by atomic mass is 10.3. The second-order valence-electron chi connectivity index (χ2n) is 3.89. The van der Waals surface area contributed by atoms with Gasteiger partial charge in [-0.15, -0.1) is 0 Å². The van der Waals surface area contributed by atoms with Crippen LogP contribution in [0.15, 0.2) is 35.2 Å². The third-order valence-electron chi connectivity index (χ3n) is 2.69. The van der Waals surface area contributed by atoms with E-state index in [0.29, 0.717) is 4.90 Å². The molecule has 2 atom stereocenters. The van der Waals surface area contributed by atoms with Gasteiger partial charge in [0.2, 0.25) is 0 Å². The number of rotatable bonds is 4. The fourth-order valence-electron chi connectivity index (χ4n) is 1.67. The van der Waals surface area contributed by atoms with E-state index in [-0.39, 0.29) is 11.9 Å². The van der Waals surface area contributed by atoms with Gasteiger partial charge in [0.1, 0.15) is 5.25 Å². The van der Waals surface area contributed by atoms with Crippen molar-refractivity contribution < 1.29 is 13.7 Å². The maximum absolute atomic E-state index is 12.2. The van der Waals surface area contributed by atoms with Crippen LogP contribution in [0, 0.1) is 5.92 Å². The highest BCUT2D eigenvalue weighted by Gasteiger charge is 2.41. The summed E-state index contributed by atoms with van der Waals surface area (Å²) in [4.78, 5) is 12.3. The van der Waals surface area contributed by atoms with Crippen LogP contribution >= 0.6 is 0 Å². The first kappa shape index (κ1) is 11.3. The fraction of sp³-hybridized carbons (Fsp3) is 0.417. The van der Waals surface area contributed by atoms with Crippen LogP contribution in [0.25, 0.3) is 0 Å². The molecule has 0 N–H and O–H groups in total. The third-order valence-corrected chi connectivity index (χ3v) is 4.47. The molecule has 1 aliphatic rings. The van der Waals surface area contributed by atoms with Crippen LogP contribution in [0.1, 0.15) is 12.8 Å². The zero-order valence-corrected chi connectivity index (χ0v) is 9.91. The topological polar surface area (TPSA) is 43.4 Å². The molecule has 0 aromatic heterocycles. The zero-order chi connectivity index (χ0) is 11.5. The number of hydrogen-bond acceptors (Lipinski definition) is 3. The molecule has 0 bridgehead atoms. The average Bonchev–Trinajstić information content (AvgIpc) is 3.14. The summed E-state index contributed by atoms with van der Waals surface area (Å²) in [7, 11) is 0.0538. The van der Waals surface area contributed by atoms with E-state index < -0.39 is 16.0 Å². The van der Waals surface area contributed by atoms with Crippen molar-refractivity contribution in [1.29, 1.82) is 0 Å². The standard InChI is InChI=1S/C12H14O3S/c1-15-12(13)11(9-7-8-9)16(14)10-5-3-2-4-6-10/h2-6,9,11H,7-8H2,1H3. The number of benzene rings is 1. The van der Waals surface area contributed by atoms with Gasteiger partial charge in [-0.25, -0.2) is 0 Å². The highest BCUT2D eigenvalue weighted by atomic mass is 32.2. The molecule has 1 aromatic carbocycles. The molecule has 1 aliphatic carbocycles. The van der Waals surface area contributed by atoms with Crippen molar-refractivity contribution in [2.75, 3.05) is 7.11 Å². The number of carbonyl (C=O) groups excluding carboxylic acids is 1. The Balaban J connectivity index is 2.21. The van der Waals surface area contributed by atoms with Gasteiger partial charge >= 0.3 is 5.97 Å². The number of methoxy groups -OCH3 is 1. The Hall–Kier alpha value is -1.16. The third kappa shape index (κ3) is 2.32. The second kappa shape index (κ2) is 4.78.